The fourth-order valence-electron chi connectivity index (χ4n) is 2.13. The normalized spacial score (nSPS) is 11.6. The Morgan fingerprint density at radius 2 is 1.82 bits per heavy atom. The first-order valence-corrected chi connectivity index (χ1v) is 7.36. The predicted octanol–water partition coefficient (Wildman–Crippen LogP) is 3.70. The highest BCUT2D eigenvalue weighted by atomic mass is 16.5. The number of benzene rings is 2. The molecule has 2 aromatic carbocycles. The molecule has 116 valence electrons. The van der Waals surface area contributed by atoms with Crippen molar-refractivity contribution in [2.45, 2.75) is 26.8 Å². The van der Waals surface area contributed by atoms with Gasteiger partial charge in [-0.2, -0.15) is 0 Å². The Labute approximate surface area is 131 Å². The number of nitrogens with one attached hydrogen (secondary N) is 2. The van der Waals surface area contributed by atoms with E-state index in [-0.39, 0.29) is 18.8 Å². The fourth-order valence-corrected chi connectivity index (χ4v) is 2.13. The van der Waals surface area contributed by atoms with Crippen LogP contribution in [-0.4, -0.2) is 12.8 Å². The predicted molar refractivity (Wildman–Crippen MR) is 87.9 cm³/mol. The fraction of sp³-hybridized carbons (Fsp3) is 0.278. The van der Waals surface area contributed by atoms with Crippen molar-refractivity contribution < 1.29 is 9.53 Å². The van der Waals surface area contributed by atoms with Crippen LogP contribution < -0.4 is 15.4 Å². The van der Waals surface area contributed by atoms with Gasteiger partial charge in [0.2, 0.25) is 0 Å². The van der Waals surface area contributed by atoms with Crippen LogP contribution in [0, 0.1) is 13.8 Å². The van der Waals surface area contributed by atoms with Crippen molar-refractivity contribution in [2.24, 2.45) is 0 Å². The molecule has 0 heterocycles. The number of rotatable bonds is 5. The number of ether oxygens (including phenoxy) is 1. The highest BCUT2D eigenvalue weighted by Gasteiger charge is 2.08. The number of aryl methyl sites for hydroxylation is 1. The zero-order valence-electron chi connectivity index (χ0n) is 13.2. The minimum atomic E-state index is -0.248. The van der Waals surface area contributed by atoms with Crippen molar-refractivity contribution in [3.05, 3.63) is 65.2 Å². The first-order valence-electron chi connectivity index (χ1n) is 7.36. The lowest BCUT2D eigenvalue weighted by Gasteiger charge is -2.16. The lowest BCUT2D eigenvalue weighted by atomic mass is 10.1. The molecule has 2 rings (SSSR count). The van der Waals surface area contributed by atoms with E-state index in [9.17, 15) is 4.79 Å². The highest BCUT2D eigenvalue weighted by Crippen LogP contribution is 2.20. The Kier molecular flexibility index (Phi) is 5.42. The van der Waals surface area contributed by atoms with Crippen LogP contribution in [0.5, 0.6) is 5.75 Å². The maximum atomic E-state index is 11.9. The van der Waals surface area contributed by atoms with Gasteiger partial charge in [0.15, 0.2) is 6.73 Å². The van der Waals surface area contributed by atoms with E-state index < -0.39 is 0 Å². The zero-order chi connectivity index (χ0) is 15.9. The lowest BCUT2D eigenvalue weighted by molar-refractivity contribution is 0.221. The van der Waals surface area contributed by atoms with E-state index in [0.29, 0.717) is 0 Å². The average molecular weight is 298 g/mol. The molecule has 4 heteroatoms. The molecule has 0 aliphatic rings. The van der Waals surface area contributed by atoms with Crippen molar-refractivity contribution in [3.63, 3.8) is 0 Å². The maximum absolute atomic E-state index is 11.9. The van der Waals surface area contributed by atoms with Gasteiger partial charge >= 0.3 is 6.03 Å². The Bertz CT molecular complexity index is 626. The molecule has 0 bridgehead atoms. The Morgan fingerprint density at radius 3 is 2.55 bits per heavy atom. The summed E-state index contributed by atoms with van der Waals surface area (Å²) in [6.45, 7) is 6.12. The molecule has 0 aromatic heterocycles. The van der Waals surface area contributed by atoms with E-state index in [1.54, 1.807) is 0 Å². The molecule has 22 heavy (non-hydrogen) atoms. The molecule has 0 saturated carbocycles. The molecule has 0 aliphatic heterocycles. The molecule has 0 spiro atoms. The van der Waals surface area contributed by atoms with E-state index >= 15 is 0 Å². The SMILES string of the molecule is Cc1cccc(OCNC(=O)NC(C)c2ccccc2)c1C. The minimum absolute atomic E-state index is 0.0538. The van der Waals surface area contributed by atoms with Crippen molar-refractivity contribution >= 4 is 6.03 Å². The van der Waals surface area contributed by atoms with Crippen LogP contribution in [0.15, 0.2) is 48.5 Å². The first kappa shape index (κ1) is 15.9. The van der Waals surface area contributed by atoms with E-state index in [2.05, 4.69) is 10.6 Å². The summed E-state index contributed by atoms with van der Waals surface area (Å²) in [6, 6.07) is 15.4. The van der Waals surface area contributed by atoms with Gasteiger partial charge in [0, 0.05) is 0 Å². The van der Waals surface area contributed by atoms with Gasteiger partial charge in [0.1, 0.15) is 5.75 Å². The molecule has 0 aliphatic carbocycles. The standard InChI is InChI=1S/C18H22N2O2/c1-13-8-7-11-17(14(13)2)22-12-19-18(21)20-15(3)16-9-5-4-6-10-16/h4-11,15H,12H2,1-3H3,(H2,19,20,21). The number of hydrogen-bond acceptors (Lipinski definition) is 2. The summed E-state index contributed by atoms with van der Waals surface area (Å²) in [4.78, 5) is 11.9. The van der Waals surface area contributed by atoms with E-state index in [4.69, 9.17) is 4.74 Å². The molecule has 0 radical (unpaired) electrons. The second kappa shape index (κ2) is 7.50. The van der Waals surface area contributed by atoms with E-state index in [0.717, 1.165) is 16.9 Å². The van der Waals surface area contributed by atoms with Gasteiger partial charge in [-0.25, -0.2) is 4.79 Å². The molecule has 2 amide bonds. The molecule has 2 N–H and O–H groups in total. The monoisotopic (exact) mass is 298 g/mol. The molecule has 4 nitrogen and oxygen atoms in total. The lowest BCUT2D eigenvalue weighted by Crippen LogP contribution is -2.39. The molecule has 0 fully saturated rings. The zero-order valence-corrected chi connectivity index (χ0v) is 13.2. The Hall–Kier alpha value is -2.49. The van der Waals surface area contributed by atoms with Gasteiger partial charge in [-0.1, -0.05) is 42.5 Å². The summed E-state index contributed by atoms with van der Waals surface area (Å²) in [5, 5.41) is 5.58. The van der Waals surface area contributed by atoms with E-state index in [1.165, 1.54) is 5.56 Å². The highest BCUT2D eigenvalue weighted by molar-refractivity contribution is 5.74. The molecule has 1 atom stereocenters. The first-order chi connectivity index (χ1) is 10.6. The summed E-state index contributed by atoms with van der Waals surface area (Å²) in [7, 11) is 0. The molecule has 2 aromatic rings. The number of carbonyl (C=O) groups is 1. The summed E-state index contributed by atoms with van der Waals surface area (Å²) in [6.07, 6.45) is 0. The largest absolute Gasteiger partial charge is 0.473 e. The van der Waals surface area contributed by atoms with Gasteiger partial charge in [-0.15, -0.1) is 0 Å². The molecule has 0 saturated heterocycles. The van der Waals surface area contributed by atoms with Crippen LogP contribution in [0.1, 0.15) is 29.7 Å². The third-order valence-corrected chi connectivity index (χ3v) is 3.66. The van der Waals surface area contributed by atoms with Crippen molar-refractivity contribution in [2.75, 3.05) is 6.73 Å². The van der Waals surface area contributed by atoms with Crippen LogP contribution >= 0.6 is 0 Å². The van der Waals surface area contributed by atoms with Crippen LogP contribution in [0.3, 0.4) is 0 Å². The van der Waals surface area contributed by atoms with Crippen molar-refractivity contribution in [3.8, 4) is 5.75 Å². The smallest absolute Gasteiger partial charge is 0.317 e. The Morgan fingerprint density at radius 1 is 1.09 bits per heavy atom. The average Bonchev–Trinajstić information content (AvgIpc) is 2.52. The molecule has 1 unspecified atom stereocenters. The van der Waals surface area contributed by atoms with Gasteiger partial charge in [0.25, 0.3) is 0 Å². The summed E-state index contributed by atoms with van der Waals surface area (Å²) in [5.74, 6) is 0.788. The third-order valence-electron chi connectivity index (χ3n) is 3.66. The number of amides is 2. The van der Waals surface area contributed by atoms with Crippen LogP contribution in [0.25, 0.3) is 0 Å². The summed E-state index contributed by atoms with van der Waals surface area (Å²) in [5.41, 5.74) is 3.31. The summed E-state index contributed by atoms with van der Waals surface area (Å²) < 4.78 is 5.60. The minimum Gasteiger partial charge on any atom is -0.473 e. The molecular weight excluding hydrogens is 276 g/mol. The topological polar surface area (TPSA) is 50.4 Å². The summed E-state index contributed by atoms with van der Waals surface area (Å²) >= 11 is 0. The van der Waals surface area contributed by atoms with Crippen LogP contribution in [0.2, 0.25) is 0 Å². The van der Waals surface area contributed by atoms with Crippen molar-refractivity contribution in [1.82, 2.24) is 10.6 Å². The van der Waals surface area contributed by atoms with Gasteiger partial charge in [-0.05, 0) is 43.5 Å². The maximum Gasteiger partial charge on any atom is 0.317 e. The number of carbonyl (C=O) groups excluding carboxylic acids is 1. The number of urea groups is 1. The Balaban J connectivity index is 1.80. The van der Waals surface area contributed by atoms with Gasteiger partial charge < -0.3 is 15.4 Å². The van der Waals surface area contributed by atoms with Crippen LogP contribution in [-0.2, 0) is 0 Å². The van der Waals surface area contributed by atoms with Crippen molar-refractivity contribution in [1.29, 1.82) is 0 Å². The second-order valence-corrected chi connectivity index (χ2v) is 5.27. The van der Waals surface area contributed by atoms with Crippen LogP contribution in [0.4, 0.5) is 4.79 Å². The van der Waals surface area contributed by atoms with Gasteiger partial charge in [-0.3, -0.25) is 0 Å². The van der Waals surface area contributed by atoms with Gasteiger partial charge in [0.05, 0.1) is 6.04 Å². The van der Waals surface area contributed by atoms with E-state index in [1.807, 2.05) is 69.3 Å². The molecular formula is C18H22N2O2. The third kappa shape index (κ3) is 4.25. The number of hydrogen-bond donors (Lipinski definition) is 2. The second-order valence-electron chi connectivity index (χ2n) is 5.27. The quantitative estimate of drug-likeness (QED) is 0.827.